The second-order valence-electron chi connectivity index (χ2n) is 3.56. The molecule has 0 amide bonds. The predicted molar refractivity (Wildman–Crippen MR) is 58.8 cm³/mol. The molecule has 1 aromatic carbocycles. The summed E-state index contributed by atoms with van der Waals surface area (Å²) in [6.07, 6.45) is 0.450. The topological polar surface area (TPSA) is 35.5 Å². The molecule has 0 bridgehead atoms. The maximum Gasteiger partial charge on any atom is 0.189 e. The minimum atomic E-state index is 0.152. The third kappa shape index (κ3) is 2.38. The van der Waals surface area contributed by atoms with E-state index in [4.69, 9.17) is 9.47 Å². The van der Waals surface area contributed by atoms with Crippen LogP contribution in [0, 0.1) is 0 Å². The van der Waals surface area contributed by atoms with Gasteiger partial charge in [0.1, 0.15) is 11.5 Å². The summed E-state index contributed by atoms with van der Waals surface area (Å²) in [6, 6.07) is 3.88. The van der Waals surface area contributed by atoms with Crippen molar-refractivity contribution in [1.82, 2.24) is 0 Å². The number of hydrogen-bond acceptors (Lipinski definition) is 3. The fourth-order valence-electron chi connectivity index (χ4n) is 1.62. The highest BCUT2D eigenvalue weighted by Gasteiger charge is 2.15. The van der Waals surface area contributed by atoms with Gasteiger partial charge in [0.2, 0.25) is 0 Å². The standard InChI is InChI=1S/C11H11BrO3/c1-7(13)2-8-3-9-5-14-6-15-11(9)10(12)4-8/h3-4H,2,5-6H2,1H3. The first-order valence-electron chi connectivity index (χ1n) is 4.68. The molecule has 80 valence electrons. The van der Waals surface area contributed by atoms with Crippen LogP contribution in [0.25, 0.3) is 0 Å². The van der Waals surface area contributed by atoms with Crippen molar-refractivity contribution >= 4 is 21.7 Å². The van der Waals surface area contributed by atoms with Crippen LogP contribution < -0.4 is 4.74 Å². The number of fused-ring (bicyclic) bond motifs is 1. The Morgan fingerprint density at radius 1 is 1.53 bits per heavy atom. The van der Waals surface area contributed by atoms with Crippen molar-refractivity contribution < 1.29 is 14.3 Å². The smallest absolute Gasteiger partial charge is 0.189 e. The quantitative estimate of drug-likeness (QED) is 0.828. The van der Waals surface area contributed by atoms with Crippen molar-refractivity contribution in [2.45, 2.75) is 20.0 Å². The molecule has 1 aliphatic heterocycles. The summed E-state index contributed by atoms with van der Waals surface area (Å²) in [4.78, 5) is 11.0. The van der Waals surface area contributed by atoms with E-state index < -0.39 is 0 Å². The lowest BCUT2D eigenvalue weighted by molar-refractivity contribution is -0.116. The SMILES string of the molecule is CC(=O)Cc1cc(Br)c2c(c1)COCO2. The van der Waals surface area contributed by atoms with Crippen LogP contribution in [0.5, 0.6) is 5.75 Å². The number of carbonyl (C=O) groups is 1. The summed E-state index contributed by atoms with van der Waals surface area (Å²) in [5, 5.41) is 0. The van der Waals surface area contributed by atoms with Crippen LogP contribution in [0.4, 0.5) is 0 Å². The molecule has 0 radical (unpaired) electrons. The molecular formula is C11H11BrO3. The molecule has 0 saturated carbocycles. The van der Waals surface area contributed by atoms with Crippen LogP contribution in [-0.4, -0.2) is 12.6 Å². The highest BCUT2D eigenvalue weighted by molar-refractivity contribution is 9.10. The molecule has 1 heterocycles. The number of rotatable bonds is 2. The summed E-state index contributed by atoms with van der Waals surface area (Å²) in [7, 11) is 0. The number of carbonyl (C=O) groups excluding carboxylic acids is 1. The van der Waals surface area contributed by atoms with Gasteiger partial charge in [-0.25, -0.2) is 0 Å². The van der Waals surface area contributed by atoms with Crippen molar-refractivity contribution in [3.63, 3.8) is 0 Å². The Kier molecular flexibility index (Phi) is 3.07. The van der Waals surface area contributed by atoms with Gasteiger partial charge in [-0.05, 0) is 40.5 Å². The lowest BCUT2D eigenvalue weighted by atomic mass is 10.1. The van der Waals surface area contributed by atoms with Gasteiger partial charge in [-0.3, -0.25) is 4.79 Å². The Hall–Kier alpha value is -0.870. The number of hydrogen-bond donors (Lipinski definition) is 0. The van der Waals surface area contributed by atoms with Crippen molar-refractivity contribution in [1.29, 1.82) is 0 Å². The van der Waals surface area contributed by atoms with E-state index in [1.54, 1.807) is 6.92 Å². The molecule has 0 atom stereocenters. The van der Waals surface area contributed by atoms with Crippen LogP contribution in [0.3, 0.4) is 0 Å². The molecule has 0 fully saturated rings. The number of Topliss-reactive ketones (excluding diaryl/α,β-unsaturated/α-hetero) is 1. The van der Waals surface area contributed by atoms with E-state index in [9.17, 15) is 4.79 Å². The summed E-state index contributed by atoms with van der Waals surface area (Å²) < 4.78 is 11.4. The molecule has 0 unspecified atom stereocenters. The second-order valence-corrected chi connectivity index (χ2v) is 4.41. The molecular weight excluding hydrogens is 260 g/mol. The van der Waals surface area contributed by atoms with Crippen LogP contribution in [0.1, 0.15) is 18.1 Å². The van der Waals surface area contributed by atoms with Gasteiger partial charge in [0, 0.05) is 12.0 Å². The van der Waals surface area contributed by atoms with Gasteiger partial charge in [0.15, 0.2) is 6.79 Å². The van der Waals surface area contributed by atoms with Gasteiger partial charge in [-0.1, -0.05) is 0 Å². The molecule has 0 aromatic heterocycles. The van der Waals surface area contributed by atoms with E-state index in [1.807, 2.05) is 12.1 Å². The van der Waals surface area contributed by atoms with Crippen LogP contribution >= 0.6 is 15.9 Å². The molecule has 1 aliphatic rings. The molecule has 0 N–H and O–H groups in total. The molecule has 0 aliphatic carbocycles. The Bertz CT molecular complexity index is 401. The minimum absolute atomic E-state index is 0.152. The fourth-order valence-corrected chi connectivity index (χ4v) is 2.29. The van der Waals surface area contributed by atoms with Crippen molar-refractivity contribution in [2.24, 2.45) is 0 Å². The average Bonchev–Trinajstić information content (AvgIpc) is 2.16. The molecule has 1 aromatic rings. The van der Waals surface area contributed by atoms with Gasteiger partial charge < -0.3 is 9.47 Å². The zero-order valence-corrected chi connectivity index (χ0v) is 9.96. The van der Waals surface area contributed by atoms with Crippen LogP contribution in [0.2, 0.25) is 0 Å². The van der Waals surface area contributed by atoms with Crippen molar-refractivity contribution in [2.75, 3.05) is 6.79 Å². The Morgan fingerprint density at radius 2 is 2.33 bits per heavy atom. The highest BCUT2D eigenvalue weighted by atomic mass is 79.9. The maximum atomic E-state index is 11.0. The fraction of sp³-hybridized carbons (Fsp3) is 0.364. The number of ketones is 1. The normalized spacial score (nSPS) is 14.3. The van der Waals surface area contributed by atoms with E-state index in [2.05, 4.69) is 15.9 Å². The summed E-state index contributed by atoms with van der Waals surface area (Å²) in [6.45, 7) is 2.41. The van der Waals surface area contributed by atoms with Gasteiger partial charge in [-0.2, -0.15) is 0 Å². The summed E-state index contributed by atoms with van der Waals surface area (Å²) in [5.41, 5.74) is 1.98. The molecule has 15 heavy (non-hydrogen) atoms. The van der Waals surface area contributed by atoms with E-state index in [0.29, 0.717) is 13.0 Å². The van der Waals surface area contributed by atoms with E-state index >= 15 is 0 Å². The number of benzene rings is 1. The Morgan fingerprint density at radius 3 is 3.07 bits per heavy atom. The zero-order chi connectivity index (χ0) is 10.8. The molecule has 2 rings (SSSR count). The van der Waals surface area contributed by atoms with E-state index in [1.165, 1.54) is 0 Å². The zero-order valence-electron chi connectivity index (χ0n) is 8.38. The third-order valence-electron chi connectivity index (χ3n) is 2.18. The van der Waals surface area contributed by atoms with Gasteiger partial charge >= 0.3 is 0 Å². The molecule has 4 heteroatoms. The second kappa shape index (κ2) is 4.33. The molecule has 0 saturated heterocycles. The minimum Gasteiger partial charge on any atom is -0.466 e. The Balaban J connectivity index is 2.36. The maximum absolute atomic E-state index is 11.0. The van der Waals surface area contributed by atoms with Crippen LogP contribution in [0.15, 0.2) is 16.6 Å². The first-order chi connectivity index (χ1) is 7.16. The van der Waals surface area contributed by atoms with E-state index in [-0.39, 0.29) is 12.6 Å². The molecule has 3 nitrogen and oxygen atoms in total. The Labute approximate surface area is 96.5 Å². The summed E-state index contributed by atoms with van der Waals surface area (Å²) >= 11 is 3.43. The number of halogens is 1. The first kappa shape index (κ1) is 10.6. The molecule has 0 spiro atoms. The van der Waals surface area contributed by atoms with Crippen molar-refractivity contribution in [3.05, 3.63) is 27.7 Å². The van der Waals surface area contributed by atoms with E-state index in [0.717, 1.165) is 21.3 Å². The first-order valence-corrected chi connectivity index (χ1v) is 5.47. The van der Waals surface area contributed by atoms with Crippen molar-refractivity contribution in [3.8, 4) is 5.75 Å². The largest absolute Gasteiger partial charge is 0.466 e. The monoisotopic (exact) mass is 270 g/mol. The van der Waals surface area contributed by atoms with Gasteiger partial charge in [0.05, 0.1) is 11.1 Å². The predicted octanol–water partition coefficient (Wildman–Crippen LogP) is 2.45. The summed E-state index contributed by atoms with van der Waals surface area (Å²) in [5.74, 6) is 0.980. The lowest BCUT2D eigenvalue weighted by Gasteiger charge is -2.19. The third-order valence-corrected chi connectivity index (χ3v) is 2.77. The lowest BCUT2D eigenvalue weighted by Crippen LogP contribution is -2.12. The highest BCUT2D eigenvalue weighted by Crippen LogP contribution is 2.33. The van der Waals surface area contributed by atoms with Crippen LogP contribution in [-0.2, 0) is 22.6 Å². The van der Waals surface area contributed by atoms with Gasteiger partial charge in [-0.15, -0.1) is 0 Å². The number of ether oxygens (including phenoxy) is 2. The van der Waals surface area contributed by atoms with Gasteiger partial charge in [0.25, 0.3) is 0 Å². The average molecular weight is 271 g/mol.